The molecule has 2 rings (SSSR count). The monoisotopic (exact) mass is 299 g/mol. The van der Waals surface area contributed by atoms with Gasteiger partial charge in [-0.1, -0.05) is 0 Å². The number of carbonyl (C=O) groups excluding carboxylic acids is 1. The van der Waals surface area contributed by atoms with Crippen LogP contribution in [0.15, 0.2) is 12.1 Å². The minimum Gasteiger partial charge on any atom is -0.504 e. The number of morpholine rings is 1. The van der Waals surface area contributed by atoms with Crippen LogP contribution in [0.2, 0.25) is 0 Å². The second kappa shape index (κ2) is 6.83. The molecule has 20 heavy (non-hydrogen) atoms. The molecule has 0 spiro atoms. The third kappa shape index (κ3) is 3.36. The summed E-state index contributed by atoms with van der Waals surface area (Å²) >= 11 is 1.12. The van der Waals surface area contributed by atoms with Gasteiger partial charge in [0.25, 0.3) is 0 Å². The number of benzene rings is 1. The quantitative estimate of drug-likeness (QED) is 0.846. The minimum absolute atomic E-state index is 0.113. The fourth-order valence-electron chi connectivity index (χ4n) is 1.87. The number of phenolic OH excluding ortho intramolecular Hbond substituents is 1. The summed E-state index contributed by atoms with van der Waals surface area (Å²) in [5, 5.41) is 9.71. The van der Waals surface area contributed by atoms with Crippen LogP contribution in [0, 0.1) is 0 Å². The van der Waals surface area contributed by atoms with Crippen LogP contribution >= 0.6 is 11.9 Å². The molecular weight excluding hydrogens is 282 g/mol. The Morgan fingerprint density at radius 1 is 1.30 bits per heavy atom. The molecule has 0 amide bonds. The maximum Gasteiger partial charge on any atom is 0.234 e. The predicted octanol–water partition coefficient (Wildman–Crippen LogP) is 1.53. The number of rotatable bonds is 4. The van der Waals surface area contributed by atoms with Crippen LogP contribution in [0.25, 0.3) is 0 Å². The van der Waals surface area contributed by atoms with E-state index in [0.29, 0.717) is 37.6 Å². The van der Waals surface area contributed by atoms with Gasteiger partial charge in [0.05, 0.1) is 27.4 Å². The zero-order valence-corrected chi connectivity index (χ0v) is 12.2. The highest BCUT2D eigenvalue weighted by Gasteiger charge is 2.20. The summed E-state index contributed by atoms with van der Waals surface area (Å²) in [4.78, 5) is 12.2. The molecule has 1 fully saturated rings. The SMILES string of the molecule is COc1cc(C(=O)SN2CCOCC2)cc(O)c1OC. The van der Waals surface area contributed by atoms with Crippen molar-refractivity contribution in [2.75, 3.05) is 40.5 Å². The van der Waals surface area contributed by atoms with Gasteiger partial charge in [0.2, 0.25) is 10.9 Å². The molecular formula is C13H17NO5S. The van der Waals surface area contributed by atoms with Crippen LogP contribution in [0.3, 0.4) is 0 Å². The second-order valence-corrected chi connectivity index (χ2v) is 5.22. The van der Waals surface area contributed by atoms with E-state index in [1.807, 2.05) is 4.31 Å². The number of carbonyl (C=O) groups is 1. The van der Waals surface area contributed by atoms with Gasteiger partial charge < -0.3 is 19.3 Å². The molecule has 1 aliphatic heterocycles. The standard InChI is InChI=1S/C13H17NO5S/c1-17-11-8-9(7-10(15)12(11)18-2)13(16)20-14-3-5-19-6-4-14/h7-8,15H,3-6H2,1-2H3. The highest BCUT2D eigenvalue weighted by atomic mass is 32.2. The maximum atomic E-state index is 12.2. The van der Waals surface area contributed by atoms with E-state index in [0.717, 1.165) is 11.9 Å². The van der Waals surface area contributed by atoms with E-state index in [-0.39, 0.29) is 16.6 Å². The number of hydrogen-bond donors (Lipinski definition) is 1. The van der Waals surface area contributed by atoms with Gasteiger partial charge in [0.15, 0.2) is 11.5 Å². The lowest BCUT2D eigenvalue weighted by atomic mass is 10.2. The molecule has 1 N–H and O–H groups in total. The highest BCUT2D eigenvalue weighted by molar-refractivity contribution is 8.12. The molecule has 1 aromatic rings. The van der Waals surface area contributed by atoms with E-state index >= 15 is 0 Å². The molecule has 0 radical (unpaired) electrons. The summed E-state index contributed by atoms with van der Waals surface area (Å²) in [5.41, 5.74) is 0.372. The van der Waals surface area contributed by atoms with Crippen molar-refractivity contribution in [3.63, 3.8) is 0 Å². The molecule has 0 saturated carbocycles. The normalized spacial score (nSPS) is 15.9. The van der Waals surface area contributed by atoms with Crippen LogP contribution in [0.4, 0.5) is 0 Å². The molecule has 1 saturated heterocycles. The first-order valence-electron chi connectivity index (χ1n) is 6.15. The molecule has 110 valence electrons. The van der Waals surface area contributed by atoms with Crippen LogP contribution in [-0.4, -0.2) is 55.0 Å². The van der Waals surface area contributed by atoms with Crippen molar-refractivity contribution < 1.29 is 24.1 Å². The van der Waals surface area contributed by atoms with Crippen molar-refractivity contribution in [3.05, 3.63) is 17.7 Å². The topological polar surface area (TPSA) is 68.2 Å². The Bertz CT molecular complexity index is 488. The average molecular weight is 299 g/mol. The van der Waals surface area contributed by atoms with E-state index in [4.69, 9.17) is 14.2 Å². The lowest BCUT2D eigenvalue weighted by Crippen LogP contribution is -2.32. The lowest BCUT2D eigenvalue weighted by molar-refractivity contribution is 0.0766. The molecule has 1 aliphatic rings. The van der Waals surface area contributed by atoms with Crippen LogP contribution in [0.5, 0.6) is 17.2 Å². The van der Waals surface area contributed by atoms with E-state index in [1.54, 1.807) is 6.07 Å². The van der Waals surface area contributed by atoms with Crippen molar-refractivity contribution >= 4 is 17.1 Å². The smallest absolute Gasteiger partial charge is 0.234 e. The summed E-state index contributed by atoms with van der Waals surface area (Å²) in [5.74, 6) is 0.441. The van der Waals surface area contributed by atoms with Crippen LogP contribution in [0.1, 0.15) is 10.4 Å². The van der Waals surface area contributed by atoms with Gasteiger partial charge >= 0.3 is 0 Å². The largest absolute Gasteiger partial charge is 0.504 e. The molecule has 7 heteroatoms. The Morgan fingerprint density at radius 3 is 2.60 bits per heavy atom. The zero-order chi connectivity index (χ0) is 14.5. The Labute approximate surface area is 121 Å². The van der Waals surface area contributed by atoms with Gasteiger partial charge in [-0.3, -0.25) is 4.79 Å². The molecule has 6 nitrogen and oxygen atoms in total. The molecule has 0 aliphatic carbocycles. The Hall–Kier alpha value is -1.44. The van der Waals surface area contributed by atoms with E-state index in [1.165, 1.54) is 20.3 Å². The van der Waals surface area contributed by atoms with E-state index in [2.05, 4.69) is 0 Å². The number of phenols is 1. The number of aromatic hydroxyl groups is 1. The third-order valence-corrected chi connectivity index (χ3v) is 3.90. The Balaban J connectivity index is 2.15. The second-order valence-electron chi connectivity index (χ2n) is 4.15. The van der Waals surface area contributed by atoms with Crippen molar-refractivity contribution in [2.24, 2.45) is 0 Å². The fraction of sp³-hybridized carbons (Fsp3) is 0.462. The fourth-order valence-corrected chi connectivity index (χ4v) is 2.66. The van der Waals surface area contributed by atoms with Gasteiger partial charge in [0, 0.05) is 30.6 Å². The Morgan fingerprint density at radius 2 is 2.00 bits per heavy atom. The first-order valence-corrected chi connectivity index (χ1v) is 6.93. The first-order chi connectivity index (χ1) is 9.65. The molecule has 0 bridgehead atoms. The van der Waals surface area contributed by atoms with Gasteiger partial charge in [0.1, 0.15) is 0 Å². The van der Waals surface area contributed by atoms with E-state index in [9.17, 15) is 9.90 Å². The lowest BCUT2D eigenvalue weighted by Gasteiger charge is -2.24. The third-order valence-electron chi connectivity index (χ3n) is 2.88. The van der Waals surface area contributed by atoms with Crippen molar-refractivity contribution in [2.45, 2.75) is 0 Å². The number of ether oxygens (including phenoxy) is 3. The predicted molar refractivity (Wildman–Crippen MR) is 75.5 cm³/mol. The van der Waals surface area contributed by atoms with E-state index < -0.39 is 0 Å². The number of methoxy groups -OCH3 is 2. The van der Waals surface area contributed by atoms with Gasteiger partial charge in [-0.2, -0.15) is 0 Å². The zero-order valence-electron chi connectivity index (χ0n) is 11.4. The minimum atomic E-state index is -0.150. The van der Waals surface area contributed by atoms with Crippen molar-refractivity contribution in [1.29, 1.82) is 0 Å². The summed E-state index contributed by atoms with van der Waals surface area (Å²) < 4.78 is 17.3. The van der Waals surface area contributed by atoms with Crippen molar-refractivity contribution in [1.82, 2.24) is 4.31 Å². The van der Waals surface area contributed by atoms with Gasteiger partial charge in [-0.05, 0) is 12.1 Å². The van der Waals surface area contributed by atoms with Crippen molar-refractivity contribution in [3.8, 4) is 17.2 Å². The average Bonchev–Trinajstić information content (AvgIpc) is 2.47. The van der Waals surface area contributed by atoms with Gasteiger partial charge in [-0.25, -0.2) is 4.31 Å². The first kappa shape index (κ1) is 15.0. The summed E-state index contributed by atoms with van der Waals surface area (Å²) in [6, 6.07) is 2.95. The maximum absolute atomic E-state index is 12.2. The number of nitrogens with zero attached hydrogens (tertiary/aromatic N) is 1. The summed E-state index contributed by atoms with van der Waals surface area (Å²) in [6.45, 7) is 2.65. The molecule has 0 atom stereocenters. The summed E-state index contributed by atoms with van der Waals surface area (Å²) in [7, 11) is 2.89. The molecule has 1 aromatic carbocycles. The van der Waals surface area contributed by atoms with Crippen LogP contribution in [-0.2, 0) is 4.74 Å². The molecule has 0 unspecified atom stereocenters. The summed E-state index contributed by atoms with van der Waals surface area (Å²) in [6.07, 6.45) is 0. The van der Waals surface area contributed by atoms with Gasteiger partial charge in [-0.15, -0.1) is 0 Å². The Kier molecular flexibility index (Phi) is 5.11. The molecule has 1 heterocycles. The highest BCUT2D eigenvalue weighted by Crippen LogP contribution is 2.38. The van der Waals surface area contributed by atoms with Crippen LogP contribution < -0.4 is 9.47 Å². The number of hydrogen-bond acceptors (Lipinski definition) is 7. The molecule has 0 aromatic heterocycles.